The number of piperidine rings is 1. The highest BCUT2D eigenvalue weighted by Crippen LogP contribution is 2.37. The Kier molecular flexibility index (Phi) is 5.46. The summed E-state index contributed by atoms with van der Waals surface area (Å²) in [5, 5.41) is 3.49. The van der Waals surface area contributed by atoms with E-state index in [0.717, 1.165) is 39.0 Å². The average Bonchev–Trinajstić information content (AvgIpc) is 3.14. The minimum absolute atomic E-state index is 0.108. The minimum atomic E-state index is -0.350. The zero-order chi connectivity index (χ0) is 19.7. The van der Waals surface area contributed by atoms with Gasteiger partial charge in [0.25, 0.3) is 0 Å². The van der Waals surface area contributed by atoms with Crippen molar-refractivity contribution in [3.63, 3.8) is 0 Å². The second kappa shape index (κ2) is 7.86. The number of carbonyl (C=O) groups is 2. The fraction of sp³-hybridized carbons (Fsp3) is 0.652. The van der Waals surface area contributed by atoms with Crippen molar-refractivity contribution in [2.45, 2.75) is 58.5 Å². The Hall–Kier alpha value is -1.88. The zero-order valence-electron chi connectivity index (χ0n) is 17.2. The van der Waals surface area contributed by atoms with Gasteiger partial charge in [-0.1, -0.05) is 38.1 Å². The van der Waals surface area contributed by atoms with Crippen LogP contribution >= 0.6 is 0 Å². The largest absolute Gasteiger partial charge is 0.341 e. The van der Waals surface area contributed by atoms with Crippen LogP contribution in [0.2, 0.25) is 0 Å². The van der Waals surface area contributed by atoms with Crippen molar-refractivity contribution in [2.24, 2.45) is 11.3 Å². The Morgan fingerprint density at radius 3 is 2.50 bits per heavy atom. The molecule has 1 aromatic carbocycles. The summed E-state index contributed by atoms with van der Waals surface area (Å²) in [6, 6.07) is 7.89. The highest BCUT2D eigenvalue weighted by atomic mass is 16.2. The van der Waals surface area contributed by atoms with E-state index in [1.165, 1.54) is 17.5 Å². The minimum Gasteiger partial charge on any atom is -0.341 e. The molecule has 2 amide bonds. The molecular weight excluding hydrogens is 350 g/mol. The second-order valence-electron chi connectivity index (χ2n) is 9.36. The molecule has 3 aliphatic rings. The molecule has 2 saturated heterocycles. The molecule has 1 atom stereocenters. The fourth-order valence-electron chi connectivity index (χ4n) is 5.11. The first-order valence-electron chi connectivity index (χ1n) is 10.8. The summed E-state index contributed by atoms with van der Waals surface area (Å²) in [6.07, 6.45) is 4.53. The van der Waals surface area contributed by atoms with Crippen molar-refractivity contribution in [2.75, 3.05) is 26.2 Å². The number of nitrogens with one attached hydrogen (secondary N) is 1. The van der Waals surface area contributed by atoms with Crippen LogP contribution in [0.1, 0.15) is 50.7 Å². The van der Waals surface area contributed by atoms with Crippen LogP contribution in [0.3, 0.4) is 0 Å². The van der Waals surface area contributed by atoms with Gasteiger partial charge >= 0.3 is 0 Å². The number of hydrogen-bond donors (Lipinski definition) is 1. The highest BCUT2D eigenvalue weighted by molar-refractivity contribution is 5.88. The summed E-state index contributed by atoms with van der Waals surface area (Å²) >= 11 is 0. The fourth-order valence-corrected chi connectivity index (χ4v) is 5.11. The molecule has 0 aromatic heterocycles. The third kappa shape index (κ3) is 3.82. The predicted octanol–water partition coefficient (Wildman–Crippen LogP) is 2.59. The summed E-state index contributed by atoms with van der Waals surface area (Å²) in [7, 11) is 0. The number of rotatable bonds is 3. The molecule has 1 aromatic rings. The number of carbonyl (C=O) groups excluding carboxylic acids is 2. The molecule has 0 bridgehead atoms. The van der Waals surface area contributed by atoms with E-state index in [1.807, 2.05) is 21.9 Å². The van der Waals surface area contributed by atoms with Crippen molar-refractivity contribution in [1.82, 2.24) is 15.1 Å². The molecule has 1 unspecified atom stereocenters. The smallest absolute Gasteiger partial charge is 0.245 e. The van der Waals surface area contributed by atoms with Crippen molar-refractivity contribution < 1.29 is 9.59 Å². The van der Waals surface area contributed by atoms with Crippen LogP contribution in [0.15, 0.2) is 24.3 Å². The molecule has 3 heterocycles. The monoisotopic (exact) mass is 383 g/mol. The number of amides is 2. The zero-order valence-corrected chi connectivity index (χ0v) is 17.2. The number of fused-ring (bicyclic) bond motifs is 1. The van der Waals surface area contributed by atoms with E-state index < -0.39 is 0 Å². The third-order valence-corrected chi connectivity index (χ3v) is 6.90. The lowest BCUT2D eigenvalue weighted by Crippen LogP contribution is -2.56. The van der Waals surface area contributed by atoms with Gasteiger partial charge in [0.1, 0.15) is 6.04 Å². The normalized spacial score (nSPS) is 23.9. The van der Waals surface area contributed by atoms with Crippen LogP contribution in [0.25, 0.3) is 0 Å². The van der Waals surface area contributed by atoms with Crippen molar-refractivity contribution in [3.8, 4) is 0 Å². The standard InChI is InChI=1S/C23H33N3O2/c1-17(2)13-21(27)26-15-19-6-4-3-5-18(19)14-20(26)22(28)25-11-8-23(9-12-25)7-10-24-16-23/h3-6,17,20,24H,7-16H2,1-2H3. The van der Waals surface area contributed by atoms with Crippen LogP contribution in [0, 0.1) is 11.3 Å². The van der Waals surface area contributed by atoms with Gasteiger partial charge in [0.2, 0.25) is 11.8 Å². The van der Waals surface area contributed by atoms with Gasteiger partial charge in [-0.05, 0) is 48.3 Å². The Morgan fingerprint density at radius 2 is 1.86 bits per heavy atom. The number of hydrogen-bond acceptors (Lipinski definition) is 3. The van der Waals surface area contributed by atoms with Crippen LogP contribution in [-0.2, 0) is 22.6 Å². The van der Waals surface area contributed by atoms with Gasteiger partial charge in [-0.3, -0.25) is 9.59 Å². The lowest BCUT2D eigenvalue weighted by atomic mass is 9.77. The average molecular weight is 384 g/mol. The number of likely N-dealkylation sites (tertiary alicyclic amines) is 1. The van der Waals surface area contributed by atoms with Crippen LogP contribution < -0.4 is 5.32 Å². The third-order valence-electron chi connectivity index (χ3n) is 6.90. The van der Waals surface area contributed by atoms with Crippen molar-refractivity contribution in [3.05, 3.63) is 35.4 Å². The summed E-state index contributed by atoms with van der Waals surface area (Å²) in [6.45, 7) is 8.52. The molecule has 3 aliphatic heterocycles. The molecule has 4 rings (SSSR count). The molecule has 0 radical (unpaired) electrons. The van der Waals surface area contributed by atoms with E-state index in [0.29, 0.717) is 30.7 Å². The van der Waals surface area contributed by atoms with E-state index in [4.69, 9.17) is 0 Å². The summed E-state index contributed by atoms with van der Waals surface area (Å²) in [5.74, 6) is 0.550. The Balaban J connectivity index is 1.51. The van der Waals surface area contributed by atoms with Crippen LogP contribution in [0.4, 0.5) is 0 Å². The first kappa shape index (κ1) is 19.4. The van der Waals surface area contributed by atoms with E-state index >= 15 is 0 Å². The van der Waals surface area contributed by atoms with Gasteiger partial charge in [-0.15, -0.1) is 0 Å². The van der Waals surface area contributed by atoms with Crippen molar-refractivity contribution >= 4 is 11.8 Å². The molecule has 152 valence electrons. The van der Waals surface area contributed by atoms with E-state index in [1.54, 1.807) is 0 Å². The maximum Gasteiger partial charge on any atom is 0.245 e. The molecule has 1 N–H and O–H groups in total. The number of benzene rings is 1. The number of nitrogens with zero attached hydrogens (tertiary/aromatic N) is 2. The summed E-state index contributed by atoms with van der Waals surface area (Å²) < 4.78 is 0. The Morgan fingerprint density at radius 1 is 1.14 bits per heavy atom. The van der Waals surface area contributed by atoms with E-state index in [2.05, 4.69) is 31.3 Å². The molecule has 1 spiro atoms. The predicted molar refractivity (Wildman–Crippen MR) is 110 cm³/mol. The highest BCUT2D eigenvalue weighted by Gasteiger charge is 2.41. The lowest BCUT2D eigenvalue weighted by Gasteiger charge is -2.43. The van der Waals surface area contributed by atoms with Crippen molar-refractivity contribution in [1.29, 1.82) is 0 Å². The quantitative estimate of drug-likeness (QED) is 0.873. The molecule has 0 aliphatic carbocycles. The van der Waals surface area contributed by atoms with Crippen LogP contribution in [0.5, 0.6) is 0 Å². The molecule has 5 nitrogen and oxygen atoms in total. The molecule has 0 saturated carbocycles. The van der Waals surface area contributed by atoms with Gasteiger partial charge in [0, 0.05) is 39.0 Å². The molecule has 2 fully saturated rings. The summed E-state index contributed by atoms with van der Waals surface area (Å²) in [4.78, 5) is 30.3. The topological polar surface area (TPSA) is 52.7 Å². The molecule has 28 heavy (non-hydrogen) atoms. The van der Waals surface area contributed by atoms with E-state index in [-0.39, 0.29) is 17.9 Å². The first-order chi connectivity index (χ1) is 13.5. The van der Waals surface area contributed by atoms with Gasteiger partial charge in [0.15, 0.2) is 0 Å². The summed E-state index contributed by atoms with van der Waals surface area (Å²) in [5.41, 5.74) is 2.78. The van der Waals surface area contributed by atoms with E-state index in [9.17, 15) is 9.59 Å². The molecule has 5 heteroatoms. The SMILES string of the molecule is CC(C)CC(=O)N1Cc2ccccc2CC1C(=O)N1CCC2(CCNC2)CC1. The van der Waals surface area contributed by atoms with Gasteiger partial charge in [-0.2, -0.15) is 0 Å². The maximum atomic E-state index is 13.5. The van der Waals surface area contributed by atoms with Gasteiger partial charge in [-0.25, -0.2) is 0 Å². The van der Waals surface area contributed by atoms with Gasteiger partial charge < -0.3 is 15.1 Å². The maximum absolute atomic E-state index is 13.5. The second-order valence-corrected chi connectivity index (χ2v) is 9.36. The molecular formula is C23H33N3O2. The first-order valence-corrected chi connectivity index (χ1v) is 10.8. The van der Waals surface area contributed by atoms with Gasteiger partial charge in [0.05, 0.1) is 0 Å². The van der Waals surface area contributed by atoms with Crippen LogP contribution in [-0.4, -0.2) is 53.8 Å². The Labute approximate surface area is 168 Å². The lowest BCUT2D eigenvalue weighted by molar-refractivity contribution is -0.149. The Bertz CT molecular complexity index is 729.